The number of carbonyl (C=O) groups excluding carboxylic acids is 2. The summed E-state index contributed by atoms with van der Waals surface area (Å²) in [5.41, 5.74) is -1.27. The number of anilines is 1. The van der Waals surface area contributed by atoms with Gasteiger partial charge in [0.25, 0.3) is 11.8 Å². The maximum atomic E-state index is 14.2. The van der Waals surface area contributed by atoms with Gasteiger partial charge in [0.2, 0.25) is 0 Å². The van der Waals surface area contributed by atoms with E-state index >= 15 is 0 Å². The van der Waals surface area contributed by atoms with Gasteiger partial charge in [-0.1, -0.05) is 17.7 Å². The SMILES string of the molecule is Cc1cc(C)c(NC(=O)c2cc(Cn3ncc(C(F)(F)C(F)(F)C(F)(F)F)n3)nn2-c2ncccc2Cl)c(C(=O)NC(C)(C)C)c1. The van der Waals surface area contributed by atoms with Crippen LogP contribution in [0.15, 0.2) is 42.7 Å². The molecule has 0 aliphatic carbocycles. The van der Waals surface area contributed by atoms with Crippen LogP contribution in [0.4, 0.5) is 36.4 Å². The van der Waals surface area contributed by atoms with Crippen molar-refractivity contribution in [1.82, 2.24) is 35.1 Å². The molecule has 0 aliphatic heterocycles. The second-order valence-electron chi connectivity index (χ2n) is 11.3. The lowest BCUT2D eigenvalue weighted by atomic mass is 10.0. The average Bonchev–Trinajstić information content (AvgIpc) is 3.56. The number of alkyl halides is 7. The zero-order valence-corrected chi connectivity index (χ0v) is 25.5. The number of pyridine rings is 1. The fourth-order valence-electron chi connectivity index (χ4n) is 4.26. The first-order chi connectivity index (χ1) is 21.1. The fourth-order valence-corrected chi connectivity index (χ4v) is 4.46. The Morgan fingerprint density at radius 1 is 0.957 bits per heavy atom. The number of nitrogens with zero attached hydrogens (tertiary/aromatic N) is 6. The van der Waals surface area contributed by atoms with E-state index in [1.807, 2.05) is 0 Å². The summed E-state index contributed by atoms with van der Waals surface area (Å²) in [6, 6.07) is 7.42. The summed E-state index contributed by atoms with van der Waals surface area (Å²) in [5.74, 6) is -13.5. The molecule has 2 amide bonds. The summed E-state index contributed by atoms with van der Waals surface area (Å²) in [7, 11) is 0. The van der Waals surface area contributed by atoms with Crippen LogP contribution in [0.25, 0.3) is 5.82 Å². The maximum absolute atomic E-state index is 14.2. The van der Waals surface area contributed by atoms with Crippen LogP contribution in [0.3, 0.4) is 0 Å². The van der Waals surface area contributed by atoms with Crippen molar-refractivity contribution in [2.45, 2.75) is 64.7 Å². The molecule has 4 aromatic rings. The highest BCUT2D eigenvalue weighted by Gasteiger charge is 2.74. The topological polar surface area (TPSA) is 120 Å². The molecule has 0 saturated carbocycles. The number of nitrogens with one attached hydrogen (secondary N) is 2. The van der Waals surface area contributed by atoms with Gasteiger partial charge in [0, 0.05) is 11.7 Å². The van der Waals surface area contributed by atoms with Crippen LogP contribution in [0.5, 0.6) is 0 Å². The molecule has 0 unspecified atom stereocenters. The van der Waals surface area contributed by atoms with Gasteiger partial charge in [-0.2, -0.15) is 50.8 Å². The highest BCUT2D eigenvalue weighted by Crippen LogP contribution is 2.51. The quantitative estimate of drug-likeness (QED) is 0.214. The molecule has 18 heteroatoms. The minimum atomic E-state index is -6.56. The summed E-state index contributed by atoms with van der Waals surface area (Å²) in [4.78, 5) is 31.4. The van der Waals surface area contributed by atoms with E-state index in [1.165, 1.54) is 18.3 Å². The summed E-state index contributed by atoms with van der Waals surface area (Å²) < 4.78 is 94.3. The lowest BCUT2D eigenvalue weighted by molar-refractivity contribution is -0.360. The molecule has 10 nitrogen and oxygen atoms in total. The van der Waals surface area contributed by atoms with Crippen LogP contribution in [0, 0.1) is 13.8 Å². The van der Waals surface area contributed by atoms with E-state index in [9.17, 15) is 40.3 Å². The predicted octanol–water partition coefficient (Wildman–Crippen LogP) is 6.25. The zero-order valence-electron chi connectivity index (χ0n) is 24.8. The van der Waals surface area contributed by atoms with E-state index in [1.54, 1.807) is 46.8 Å². The van der Waals surface area contributed by atoms with Gasteiger partial charge in [-0.15, -0.1) is 0 Å². The highest BCUT2D eigenvalue weighted by molar-refractivity contribution is 6.32. The Kier molecular flexibility index (Phi) is 8.96. The Bertz CT molecular complexity index is 1790. The second-order valence-corrected chi connectivity index (χ2v) is 11.7. The largest absolute Gasteiger partial charge is 0.460 e. The van der Waals surface area contributed by atoms with Crippen molar-refractivity contribution < 1.29 is 40.3 Å². The number of benzene rings is 1. The van der Waals surface area contributed by atoms with Crippen molar-refractivity contribution in [3.63, 3.8) is 0 Å². The monoisotopic (exact) mass is 674 g/mol. The molecule has 246 valence electrons. The summed E-state index contributed by atoms with van der Waals surface area (Å²) >= 11 is 6.28. The number of halogens is 8. The molecule has 0 fully saturated rings. The van der Waals surface area contributed by atoms with Crippen LogP contribution in [0.1, 0.15) is 64.1 Å². The molecule has 46 heavy (non-hydrogen) atoms. The first-order valence-electron chi connectivity index (χ1n) is 13.3. The Labute approximate surface area is 261 Å². The minimum absolute atomic E-state index is 0.0384. The van der Waals surface area contributed by atoms with Gasteiger partial charge in [0.1, 0.15) is 12.2 Å². The minimum Gasteiger partial charge on any atom is -0.347 e. The van der Waals surface area contributed by atoms with Crippen molar-refractivity contribution in [2.75, 3.05) is 5.32 Å². The van der Waals surface area contributed by atoms with E-state index in [2.05, 4.69) is 30.9 Å². The summed E-state index contributed by atoms with van der Waals surface area (Å²) in [5, 5.41) is 16.3. The van der Waals surface area contributed by atoms with Gasteiger partial charge in [-0.25, -0.2) is 9.67 Å². The smallest absolute Gasteiger partial charge is 0.347 e. The van der Waals surface area contributed by atoms with Gasteiger partial charge in [0.15, 0.2) is 11.5 Å². The van der Waals surface area contributed by atoms with E-state index in [0.29, 0.717) is 10.4 Å². The molecule has 0 atom stereocenters. The van der Waals surface area contributed by atoms with Gasteiger partial charge in [-0.3, -0.25) is 9.59 Å². The number of hydrogen-bond acceptors (Lipinski definition) is 6. The highest BCUT2D eigenvalue weighted by atomic mass is 35.5. The number of carbonyl (C=O) groups is 2. The van der Waals surface area contributed by atoms with Gasteiger partial charge in [0.05, 0.1) is 28.2 Å². The van der Waals surface area contributed by atoms with Crippen LogP contribution in [-0.2, 0) is 12.5 Å². The molecule has 0 saturated heterocycles. The van der Waals surface area contributed by atoms with Gasteiger partial charge < -0.3 is 10.6 Å². The number of aryl methyl sites for hydroxylation is 2. The second kappa shape index (κ2) is 12.0. The molecule has 0 aliphatic rings. The maximum Gasteiger partial charge on any atom is 0.460 e. The van der Waals surface area contributed by atoms with E-state index in [0.717, 1.165) is 16.3 Å². The third kappa shape index (κ3) is 6.83. The summed E-state index contributed by atoms with van der Waals surface area (Å²) in [6.07, 6.45) is -5.15. The lowest BCUT2D eigenvalue weighted by Gasteiger charge is -2.26. The zero-order chi connectivity index (χ0) is 34.4. The average molecular weight is 675 g/mol. The van der Waals surface area contributed by atoms with E-state index in [4.69, 9.17) is 11.6 Å². The number of hydrogen-bond donors (Lipinski definition) is 2. The molecule has 2 N–H and O–H groups in total. The first kappa shape index (κ1) is 34.3. The van der Waals surface area contributed by atoms with Crippen LogP contribution in [-0.4, -0.2) is 59.2 Å². The van der Waals surface area contributed by atoms with E-state index in [-0.39, 0.29) is 39.7 Å². The molecule has 3 aromatic heterocycles. The first-order valence-corrected chi connectivity index (χ1v) is 13.7. The fraction of sp³-hybridized carbons (Fsp3) is 0.357. The van der Waals surface area contributed by atoms with Crippen molar-refractivity contribution in [3.05, 3.63) is 81.5 Å². The Morgan fingerprint density at radius 3 is 2.24 bits per heavy atom. The van der Waals surface area contributed by atoms with Crippen LogP contribution < -0.4 is 10.6 Å². The van der Waals surface area contributed by atoms with Gasteiger partial charge >= 0.3 is 18.0 Å². The molecule has 4 rings (SSSR count). The lowest BCUT2D eigenvalue weighted by Crippen LogP contribution is -2.50. The van der Waals surface area contributed by atoms with Crippen molar-refractivity contribution >= 4 is 29.1 Å². The van der Waals surface area contributed by atoms with Crippen molar-refractivity contribution in [1.29, 1.82) is 0 Å². The number of rotatable bonds is 8. The Morgan fingerprint density at radius 2 is 1.63 bits per heavy atom. The van der Waals surface area contributed by atoms with Gasteiger partial charge in [-0.05, 0) is 70.0 Å². The number of aromatic nitrogens is 6. The third-order valence-corrected chi connectivity index (χ3v) is 6.59. The van der Waals surface area contributed by atoms with Crippen molar-refractivity contribution in [2.24, 2.45) is 0 Å². The van der Waals surface area contributed by atoms with Crippen LogP contribution in [0.2, 0.25) is 5.02 Å². The predicted molar refractivity (Wildman–Crippen MR) is 151 cm³/mol. The van der Waals surface area contributed by atoms with Crippen LogP contribution >= 0.6 is 11.6 Å². The molecular weight excluding hydrogens is 649 g/mol. The van der Waals surface area contributed by atoms with Crippen molar-refractivity contribution in [3.8, 4) is 5.82 Å². The third-order valence-electron chi connectivity index (χ3n) is 6.30. The Balaban J connectivity index is 1.73. The Hall–Kier alpha value is -4.54. The molecular formula is C28H26ClF7N8O2. The standard InChI is InChI=1S/C28H26ClF7N8O2/c1-14-9-15(2)21(17(10-14)23(45)40-25(3,4)5)39-24(46)19-11-16(41-44(19)22-18(29)7-6-8-37-22)13-43-38-12-20(42-43)26(30,31)27(32,33)28(34,35)36/h6-12H,13H2,1-5H3,(H,39,46)(H,40,45). The molecule has 0 bridgehead atoms. The normalized spacial score (nSPS) is 12.7. The molecule has 3 heterocycles. The summed E-state index contributed by atoms with van der Waals surface area (Å²) in [6.45, 7) is 8.14. The number of amides is 2. The molecule has 0 spiro atoms. The van der Waals surface area contributed by atoms with E-state index < -0.39 is 47.6 Å². The molecule has 1 aromatic carbocycles. The molecule has 0 radical (unpaired) electrons.